The third kappa shape index (κ3) is 3.72. The van der Waals surface area contributed by atoms with E-state index >= 15 is 0 Å². The van der Waals surface area contributed by atoms with Gasteiger partial charge in [-0.05, 0) is 37.0 Å². The van der Waals surface area contributed by atoms with Crippen LogP contribution in [0.15, 0.2) is 29.1 Å². The summed E-state index contributed by atoms with van der Waals surface area (Å²) < 4.78 is 10.3. The molecule has 1 heterocycles. The molecule has 5 nitrogen and oxygen atoms in total. The van der Waals surface area contributed by atoms with Gasteiger partial charge < -0.3 is 14.5 Å². The second kappa shape index (κ2) is 7.50. The second-order valence-corrected chi connectivity index (χ2v) is 5.15. The van der Waals surface area contributed by atoms with Crippen LogP contribution in [0.3, 0.4) is 0 Å². The highest BCUT2D eigenvalue weighted by Gasteiger charge is 2.11. The van der Waals surface area contributed by atoms with Gasteiger partial charge >= 0.3 is 0 Å². The molecular formula is C18H20N2O3. The van der Waals surface area contributed by atoms with Crippen LogP contribution in [-0.2, 0) is 19.3 Å². The van der Waals surface area contributed by atoms with Gasteiger partial charge in [-0.3, -0.25) is 4.79 Å². The Morgan fingerprint density at radius 2 is 1.96 bits per heavy atom. The summed E-state index contributed by atoms with van der Waals surface area (Å²) in [5.74, 6) is 1.12. The van der Waals surface area contributed by atoms with Gasteiger partial charge in [0.15, 0.2) is 11.3 Å². The number of aromatic nitrogens is 1. The zero-order valence-electron chi connectivity index (χ0n) is 13.6. The Morgan fingerprint density at radius 1 is 1.17 bits per heavy atom. The Hall–Kier alpha value is -2.74. The lowest BCUT2D eigenvalue weighted by Crippen LogP contribution is -2.14. The van der Waals surface area contributed by atoms with Gasteiger partial charge in [0.25, 0.3) is 0 Å². The van der Waals surface area contributed by atoms with Crippen molar-refractivity contribution in [3.05, 3.63) is 56.9 Å². The number of benzene rings is 1. The van der Waals surface area contributed by atoms with Crippen LogP contribution in [0.1, 0.15) is 29.3 Å². The molecule has 1 aromatic carbocycles. The summed E-state index contributed by atoms with van der Waals surface area (Å²) >= 11 is 0. The first kappa shape index (κ1) is 16.6. The predicted molar refractivity (Wildman–Crippen MR) is 88.1 cm³/mol. The standard InChI is InChI=1S/C18H20N2O3/c1-4-15-16(20-18(23-3)10-17(15)21)8-6-12-5-7-14(22-2)9-13(12)11-19/h5,7,9-10H,4,6,8H2,1-3H3,(H,20,21). The van der Waals surface area contributed by atoms with E-state index in [2.05, 4.69) is 11.1 Å². The molecule has 5 heteroatoms. The van der Waals surface area contributed by atoms with Gasteiger partial charge in [-0.2, -0.15) is 5.26 Å². The van der Waals surface area contributed by atoms with Crippen LogP contribution in [-0.4, -0.2) is 19.2 Å². The Bertz CT molecular complexity index is 788. The van der Waals surface area contributed by atoms with Crippen LogP contribution in [0, 0.1) is 11.3 Å². The largest absolute Gasteiger partial charge is 0.497 e. The number of nitrogens with zero attached hydrogens (tertiary/aromatic N) is 1. The quantitative estimate of drug-likeness (QED) is 0.889. The average molecular weight is 312 g/mol. The van der Waals surface area contributed by atoms with E-state index in [0.29, 0.717) is 36.5 Å². The number of nitrogens with one attached hydrogen (secondary N) is 1. The molecule has 0 aliphatic carbocycles. The summed E-state index contributed by atoms with van der Waals surface area (Å²) in [5, 5.41) is 9.28. The number of nitriles is 1. The number of aromatic amines is 1. The van der Waals surface area contributed by atoms with Crippen molar-refractivity contribution in [1.29, 1.82) is 5.26 Å². The fourth-order valence-electron chi connectivity index (χ4n) is 2.59. The summed E-state index contributed by atoms with van der Waals surface area (Å²) in [6.07, 6.45) is 1.95. The number of methoxy groups -OCH3 is 2. The molecule has 0 atom stereocenters. The lowest BCUT2D eigenvalue weighted by atomic mass is 9.99. The number of rotatable bonds is 6. The number of ether oxygens (including phenoxy) is 2. The molecule has 2 rings (SSSR count). The van der Waals surface area contributed by atoms with E-state index < -0.39 is 0 Å². The molecule has 0 unspecified atom stereocenters. The number of pyridine rings is 1. The average Bonchev–Trinajstić information content (AvgIpc) is 2.59. The van der Waals surface area contributed by atoms with Gasteiger partial charge in [0.1, 0.15) is 5.75 Å². The molecule has 120 valence electrons. The molecule has 0 amide bonds. The molecule has 0 saturated heterocycles. The summed E-state index contributed by atoms with van der Waals surface area (Å²) in [6, 6.07) is 9.12. The first-order valence-corrected chi connectivity index (χ1v) is 7.49. The third-order valence-electron chi connectivity index (χ3n) is 3.85. The molecule has 0 spiro atoms. The Labute approximate surface area is 135 Å². The third-order valence-corrected chi connectivity index (χ3v) is 3.85. The van der Waals surface area contributed by atoms with Gasteiger partial charge in [0.2, 0.25) is 0 Å². The summed E-state index contributed by atoms with van der Waals surface area (Å²) in [6.45, 7) is 1.95. The highest BCUT2D eigenvalue weighted by atomic mass is 16.5. The first-order valence-electron chi connectivity index (χ1n) is 7.49. The van der Waals surface area contributed by atoms with Crippen LogP contribution in [0.5, 0.6) is 11.6 Å². The fourth-order valence-corrected chi connectivity index (χ4v) is 2.59. The van der Waals surface area contributed by atoms with Crippen molar-refractivity contribution in [3.8, 4) is 17.7 Å². The maximum Gasteiger partial charge on any atom is 0.194 e. The molecule has 0 aliphatic rings. The number of hydrogen-bond donors (Lipinski definition) is 1. The molecule has 0 fully saturated rings. The van der Waals surface area contributed by atoms with E-state index in [1.54, 1.807) is 13.2 Å². The minimum atomic E-state index is -0.0201. The lowest BCUT2D eigenvalue weighted by Gasteiger charge is -2.11. The predicted octanol–water partition coefficient (Wildman–Crippen LogP) is 2.61. The summed E-state index contributed by atoms with van der Waals surface area (Å²) in [7, 11) is 3.10. The summed E-state index contributed by atoms with van der Waals surface area (Å²) in [5.41, 5.74) is 3.12. The molecule has 1 aromatic heterocycles. The zero-order valence-corrected chi connectivity index (χ0v) is 13.6. The van der Waals surface area contributed by atoms with Crippen LogP contribution < -0.4 is 14.9 Å². The Balaban J connectivity index is 2.29. The number of aryl methyl sites for hydroxylation is 2. The van der Waals surface area contributed by atoms with Crippen molar-refractivity contribution in [2.24, 2.45) is 0 Å². The van der Waals surface area contributed by atoms with E-state index in [1.807, 2.05) is 19.1 Å². The van der Waals surface area contributed by atoms with Crippen LogP contribution in [0.4, 0.5) is 0 Å². The van der Waals surface area contributed by atoms with E-state index in [-0.39, 0.29) is 5.43 Å². The second-order valence-electron chi connectivity index (χ2n) is 5.15. The SMILES string of the molecule is CCc1c(CCc2ccc(OC)cc2C#N)[nH]c(OC)cc1=O. The van der Waals surface area contributed by atoms with Crippen molar-refractivity contribution in [2.45, 2.75) is 26.2 Å². The molecule has 0 aliphatic heterocycles. The normalized spacial score (nSPS) is 10.2. The molecular weight excluding hydrogens is 292 g/mol. The molecule has 0 bridgehead atoms. The van der Waals surface area contributed by atoms with Crippen molar-refractivity contribution in [3.63, 3.8) is 0 Å². The van der Waals surface area contributed by atoms with Gasteiger partial charge in [-0.15, -0.1) is 0 Å². The minimum Gasteiger partial charge on any atom is -0.497 e. The van der Waals surface area contributed by atoms with Crippen LogP contribution in [0.2, 0.25) is 0 Å². The van der Waals surface area contributed by atoms with E-state index in [9.17, 15) is 10.1 Å². The molecule has 1 N–H and O–H groups in total. The van der Waals surface area contributed by atoms with E-state index in [0.717, 1.165) is 16.8 Å². The van der Waals surface area contributed by atoms with Gasteiger partial charge in [0.05, 0.1) is 25.9 Å². The maximum atomic E-state index is 12.1. The van der Waals surface area contributed by atoms with Gasteiger partial charge in [0, 0.05) is 17.3 Å². The van der Waals surface area contributed by atoms with Crippen molar-refractivity contribution in [1.82, 2.24) is 4.98 Å². The fraction of sp³-hybridized carbons (Fsp3) is 0.333. The summed E-state index contributed by atoms with van der Waals surface area (Å²) in [4.78, 5) is 15.3. The zero-order chi connectivity index (χ0) is 16.8. The monoisotopic (exact) mass is 312 g/mol. The Morgan fingerprint density at radius 3 is 2.57 bits per heavy atom. The van der Waals surface area contributed by atoms with Gasteiger partial charge in [-0.25, -0.2) is 0 Å². The maximum absolute atomic E-state index is 12.1. The van der Waals surface area contributed by atoms with Crippen LogP contribution in [0.25, 0.3) is 0 Å². The van der Waals surface area contributed by atoms with Crippen LogP contribution >= 0.6 is 0 Å². The smallest absolute Gasteiger partial charge is 0.194 e. The molecule has 23 heavy (non-hydrogen) atoms. The number of hydrogen-bond acceptors (Lipinski definition) is 4. The highest BCUT2D eigenvalue weighted by molar-refractivity contribution is 5.43. The molecule has 2 aromatic rings. The topological polar surface area (TPSA) is 75.1 Å². The van der Waals surface area contributed by atoms with E-state index in [1.165, 1.54) is 13.2 Å². The van der Waals surface area contributed by atoms with Gasteiger partial charge in [-0.1, -0.05) is 13.0 Å². The Kier molecular flexibility index (Phi) is 5.42. The minimum absolute atomic E-state index is 0.0201. The molecule has 0 radical (unpaired) electrons. The van der Waals surface area contributed by atoms with Crippen molar-refractivity contribution < 1.29 is 9.47 Å². The molecule has 0 saturated carbocycles. The highest BCUT2D eigenvalue weighted by Crippen LogP contribution is 2.19. The lowest BCUT2D eigenvalue weighted by molar-refractivity contribution is 0.395. The van der Waals surface area contributed by atoms with Crippen molar-refractivity contribution in [2.75, 3.05) is 14.2 Å². The van der Waals surface area contributed by atoms with Crippen molar-refractivity contribution >= 4 is 0 Å². The van der Waals surface area contributed by atoms with E-state index in [4.69, 9.17) is 9.47 Å². The number of H-pyrrole nitrogens is 1. The first-order chi connectivity index (χ1) is 11.1.